The first-order chi connectivity index (χ1) is 23.4. The van der Waals surface area contributed by atoms with Gasteiger partial charge < -0.3 is 25.6 Å². The maximum atomic E-state index is 13.2. The van der Waals surface area contributed by atoms with Crippen LogP contribution in [0.5, 0.6) is 5.75 Å². The third-order valence-electron chi connectivity index (χ3n) is 9.72. The monoisotopic (exact) mass is 699 g/mol. The molecule has 0 aliphatic heterocycles. The Hall–Kier alpha value is -3.83. The Morgan fingerprint density at radius 3 is 1.98 bits per heavy atom. The number of halogens is 2. The molecular formula is C38H39Cl2N5O4. The number of fused-ring (bicyclic) bond motifs is 1. The van der Waals surface area contributed by atoms with Crippen molar-refractivity contribution >= 4 is 28.8 Å². The lowest BCUT2D eigenvalue weighted by atomic mass is 9.77. The van der Waals surface area contributed by atoms with Crippen LogP contribution >= 0.6 is 23.2 Å². The van der Waals surface area contributed by atoms with Crippen LogP contribution in [0.3, 0.4) is 0 Å². The van der Waals surface area contributed by atoms with Crippen molar-refractivity contribution in [3.05, 3.63) is 105 Å². The van der Waals surface area contributed by atoms with E-state index in [1.54, 1.807) is 25.7 Å². The lowest BCUT2D eigenvalue weighted by Gasteiger charge is -2.41. The van der Waals surface area contributed by atoms with Gasteiger partial charge in [0.1, 0.15) is 11.4 Å². The number of methoxy groups -OCH3 is 1. The fourth-order valence-corrected chi connectivity index (χ4v) is 7.72. The average molecular weight is 701 g/mol. The molecule has 3 aromatic heterocycles. The van der Waals surface area contributed by atoms with Crippen molar-refractivity contribution in [1.82, 2.24) is 25.0 Å². The summed E-state index contributed by atoms with van der Waals surface area (Å²) in [7, 11) is 1.62. The summed E-state index contributed by atoms with van der Waals surface area (Å²) < 4.78 is 7.24. The minimum absolute atomic E-state index is 0.137. The molecule has 2 fully saturated rings. The zero-order valence-electron chi connectivity index (χ0n) is 27.6. The number of nitrogens with one attached hydrogen (secondary N) is 2. The number of rotatable bonds is 10. The topological polar surface area (TPSA) is 121 Å². The minimum Gasteiger partial charge on any atom is -0.495 e. The number of hydrogen-bond donors (Lipinski definition) is 4. The molecule has 0 saturated heterocycles. The Kier molecular flexibility index (Phi) is 9.02. The highest BCUT2D eigenvalue weighted by atomic mass is 35.5. The van der Waals surface area contributed by atoms with Gasteiger partial charge in [-0.25, -0.2) is 4.98 Å². The second kappa shape index (κ2) is 13.1. The first kappa shape index (κ1) is 33.7. The smallest absolute Gasteiger partial charge is 0.262 e. The van der Waals surface area contributed by atoms with Gasteiger partial charge in [-0.15, -0.1) is 0 Å². The van der Waals surface area contributed by atoms with Gasteiger partial charge in [-0.05, 0) is 63.3 Å². The highest BCUT2D eigenvalue weighted by molar-refractivity contribution is 6.39. The Balaban J connectivity index is 1.13. The van der Waals surface area contributed by atoms with Crippen LogP contribution < -0.4 is 20.9 Å². The molecule has 7 rings (SSSR count). The van der Waals surface area contributed by atoms with E-state index in [1.807, 2.05) is 68.4 Å². The average Bonchev–Trinajstić information content (AvgIpc) is 3.05. The molecule has 0 bridgehead atoms. The molecule has 0 unspecified atom stereocenters. The van der Waals surface area contributed by atoms with E-state index >= 15 is 0 Å². The molecular weight excluding hydrogens is 661 g/mol. The van der Waals surface area contributed by atoms with E-state index in [-0.39, 0.29) is 17.6 Å². The van der Waals surface area contributed by atoms with Crippen LogP contribution in [0.2, 0.25) is 10.0 Å². The zero-order chi connectivity index (χ0) is 34.5. The van der Waals surface area contributed by atoms with Gasteiger partial charge >= 0.3 is 0 Å². The van der Waals surface area contributed by atoms with Crippen LogP contribution in [-0.2, 0) is 13.1 Å². The molecule has 2 saturated carbocycles. The van der Waals surface area contributed by atoms with Crippen molar-refractivity contribution in [2.24, 2.45) is 0 Å². The van der Waals surface area contributed by atoms with Crippen LogP contribution in [-0.4, -0.2) is 55.0 Å². The molecule has 0 amide bonds. The standard InChI is InChI=1S/C38H39Cl2N5O4/c1-37(47)14-25(15-37)41-19-24-20-44-33-13-22(10-11-45(33)36(24)46)27-6-4-8-29(34(27)39)30-9-5-7-28(35(30)40)23-12-32(49-3)31(43-18-23)21-42-26-16-38(2,48)17-26/h4-13,18,20,25-26,41-42,47-48H,14-17,19,21H2,1-3H3/t25-,26-,37-,38-. The van der Waals surface area contributed by atoms with E-state index in [0.717, 1.165) is 39.1 Å². The summed E-state index contributed by atoms with van der Waals surface area (Å²) in [5, 5.41) is 27.9. The molecule has 9 nitrogen and oxygen atoms in total. The highest BCUT2D eigenvalue weighted by Crippen LogP contribution is 2.43. The first-order valence-electron chi connectivity index (χ1n) is 16.4. The maximum Gasteiger partial charge on any atom is 0.262 e. The van der Waals surface area contributed by atoms with Gasteiger partial charge in [0, 0.05) is 71.6 Å². The second-order valence-electron chi connectivity index (χ2n) is 13.9. The number of aromatic nitrogens is 3. The summed E-state index contributed by atoms with van der Waals surface area (Å²) in [6.45, 7) is 4.59. The minimum atomic E-state index is -0.631. The normalized spacial score (nSPS) is 23.2. The molecule has 11 heteroatoms. The fourth-order valence-electron chi connectivity index (χ4n) is 7.05. The second-order valence-corrected chi connectivity index (χ2v) is 14.7. The molecule has 2 aliphatic rings. The first-order valence-corrected chi connectivity index (χ1v) is 17.2. The molecule has 49 heavy (non-hydrogen) atoms. The van der Waals surface area contributed by atoms with Gasteiger partial charge in [-0.1, -0.05) is 59.6 Å². The third-order valence-corrected chi connectivity index (χ3v) is 10.5. The van der Waals surface area contributed by atoms with E-state index in [1.165, 1.54) is 4.40 Å². The molecule has 5 aromatic rings. The van der Waals surface area contributed by atoms with Crippen molar-refractivity contribution in [3.63, 3.8) is 0 Å². The molecule has 2 aromatic carbocycles. The number of nitrogens with zero attached hydrogens (tertiary/aromatic N) is 3. The SMILES string of the molecule is COc1cc(-c2cccc(-c3cccc(-c4ccn5c(=O)c(CN[C@H]6C[C@](C)(O)C6)cnc5c4)c3Cl)c2Cl)cnc1CN[C@H]1C[C@](C)(O)C1. The van der Waals surface area contributed by atoms with Crippen LogP contribution in [0.15, 0.2) is 78.0 Å². The van der Waals surface area contributed by atoms with Crippen LogP contribution in [0.25, 0.3) is 39.0 Å². The Morgan fingerprint density at radius 1 is 0.816 bits per heavy atom. The Morgan fingerprint density at radius 2 is 1.39 bits per heavy atom. The van der Waals surface area contributed by atoms with Gasteiger partial charge in [0.25, 0.3) is 5.56 Å². The molecule has 2 aliphatic carbocycles. The Bertz CT molecular complexity index is 2100. The molecule has 4 N–H and O–H groups in total. The lowest BCUT2D eigenvalue weighted by Crippen LogP contribution is -2.51. The number of ether oxygens (including phenoxy) is 1. The van der Waals surface area contributed by atoms with E-state index in [4.69, 9.17) is 32.9 Å². The molecule has 3 heterocycles. The van der Waals surface area contributed by atoms with Gasteiger partial charge in [0.15, 0.2) is 0 Å². The van der Waals surface area contributed by atoms with Crippen LogP contribution in [0.4, 0.5) is 0 Å². The van der Waals surface area contributed by atoms with E-state index in [0.29, 0.717) is 65.8 Å². The van der Waals surface area contributed by atoms with Gasteiger partial charge in [0.05, 0.1) is 39.6 Å². The Labute approximate surface area is 294 Å². The highest BCUT2D eigenvalue weighted by Gasteiger charge is 2.38. The number of benzene rings is 2. The molecule has 0 spiro atoms. The summed E-state index contributed by atoms with van der Waals surface area (Å²) in [5.41, 5.74) is 5.24. The molecule has 254 valence electrons. The lowest BCUT2D eigenvalue weighted by molar-refractivity contribution is -0.0399. The predicted octanol–water partition coefficient (Wildman–Crippen LogP) is 6.41. The summed E-state index contributed by atoms with van der Waals surface area (Å²) in [5.74, 6) is 0.651. The van der Waals surface area contributed by atoms with Crippen molar-refractivity contribution in [2.45, 2.75) is 75.9 Å². The summed E-state index contributed by atoms with van der Waals surface area (Å²) in [6.07, 6.45) is 7.89. The summed E-state index contributed by atoms with van der Waals surface area (Å²) >= 11 is 14.2. The largest absolute Gasteiger partial charge is 0.495 e. The predicted molar refractivity (Wildman–Crippen MR) is 193 cm³/mol. The van der Waals surface area contributed by atoms with Gasteiger partial charge in [-0.2, -0.15) is 0 Å². The van der Waals surface area contributed by atoms with E-state index in [9.17, 15) is 15.0 Å². The van der Waals surface area contributed by atoms with E-state index < -0.39 is 11.2 Å². The van der Waals surface area contributed by atoms with E-state index in [2.05, 4.69) is 15.6 Å². The van der Waals surface area contributed by atoms with Crippen molar-refractivity contribution in [3.8, 4) is 39.1 Å². The van der Waals surface area contributed by atoms with Crippen LogP contribution in [0.1, 0.15) is 50.8 Å². The molecule has 0 radical (unpaired) electrons. The maximum absolute atomic E-state index is 13.2. The third kappa shape index (κ3) is 6.84. The fraction of sp³-hybridized carbons (Fsp3) is 0.342. The van der Waals surface area contributed by atoms with Gasteiger partial charge in [0.2, 0.25) is 0 Å². The zero-order valence-corrected chi connectivity index (χ0v) is 29.1. The van der Waals surface area contributed by atoms with Gasteiger partial charge in [-0.3, -0.25) is 14.2 Å². The number of pyridine rings is 2. The molecule has 0 atom stereocenters. The van der Waals surface area contributed by atoms with Crippen molar-refractivity contribution in [2.75, 3.05) is 7.11 Å². The van der Waals surface area contributed by atoms with Crippen molar-refractivity contribution in [1.29, 1.82) is 0 Å². The number of aliphatic hydroxyl groups is 2. The van der Waals surface area contributed by atoms with Crippen molar-refractivity contribution < 1.29 is 14.9 Å². The number of hydrogen-bond acceptors (Lipinski definition) is 8. The summed E-state index contributed by atoms with van der Waals surface area (Å²) in [4.78, 5) is 22.5. The van der Waals surface area contributed by atoms with Crippen LogP contribution in [0, 0.1) is 0 Å². The summed E-state index contributed by atoms with van der Waals surface area (Å²) in [6, 6.07) is 17.7. The quantitative estimate of drug-likeness (QED) is 0.132.